The summed E-state index contributed by atoms with van der Waals surface area (Å²) in [6.07, 6.45) is 5.89. The molecular formula is C15H19ClN2O. The molecule has 1 aliphatic heterocycles. The maximum Gasteiger partial charge on any atom is 0.242 e. The van der Waals surface area contributed by atoms with E-state index in [9.17, 15) is 4.79 Å². The zero-order valence-electron chi connectivity index (χ0n) is 10.9. The number of benzene rings is 1. The summed E-state index contributed by atoms with van der Waals surface area (Å²) < 4.78 is 0. The van der Waals surface area contributed by atoms with Gasteiger partial charge in [0, 0.05) is 11.1 Å². The molecule has 1 heterocycles. The lowest BCUT2D eigenvalue weighted by atomic mass is 9.83. The highest BCUT2D eigenvalue weighted by Gasteiger charge is 2.49. The Morgan fingerprint density at radius 2 is 1.84 bits per heavy atom. The monoisotopic (exact) mass is 278 g/mol. The van der Waals surface area contributed by atoms with Gasteiger partial charge in [-0.05, 0) is 24.5 Å². The van der Waals surface area contributed by atoms with Crippen LogP contribution in [0.2, 0.25) is 5.02 Å². The van der Waals surface area contributed by atoms with E-state index < -0.39 is 6.04 Å². The molecule has 0 spiro atoms. The molecule has 3 rings (SSSR count). The van der Waals surface area contributed by atoms with Crippen molar-refractivity contribution < 1.29 is 4.79 Å². The molecule has 1 amide bonds. The lowest BCUT2D eigenvalue weighted by Crippen LogP contribution is -2.66. The molecule has 0 bridgehead atoms. The van der Waals surface area contributed by atoms with Gasteiger partial charge >= 0.3 is 0 Å². The molecule has 2 atom stereocenters. The van der Waals surface area contributed by atoms with Crippen molar-refractivity contribution in [2.45, 2.75) is 50.2 Å². The van der Waals surface area contributed by atoms with Gasteiger partial charge in [0.15, 0.2) is 0 Å². The summed E-state index contributed by atoms with van der Waals surface area (Å²) in [5.74, 6) is 0.0804. The summed E-state index contributed by atoms with van der Waals surface area (Å²) >= 11 is 6.26. The summed E-state index contributed by atoms with van der Waals surface area (Å²) in [5, 5.41) is 0.705. The molecule has 1 saturated carbocycles. The van der Waals surface area contributed by atoms with E-state index in [1.807, 2.05) is 29.2 Å². The number of halogens is 1. The van der Waals surface area contributed by atoms with Crippen LogP contribution >= 0.6 is 11.6 Å². The zero-order valence-corrected chi connectivity index (χ0v) is 11.6. The molecule has 0 unspecified atom stereocenters. The van der Waals surface area contributed by atoms with E-state index in [1.165, 1.54) is 19.3 Å². The molecule has 0 radical (unpaired) electrons. The second-order valence-electron chi connectivity index (χ2n) is 5.53. The third-order valence-electron chi connectivity index (χ3n) is 4.37. The minimum Gasteiger partial charge on any atom is -0.329 e. The lowest BCUT2D eigenvalue weighted by molar-refractivity contribution is -0.155. The summed E-state index contributed by atoms with van der Waals surface area (Å²) in [6, 6.07) is 7.59. The van der Waals surface area contributed by atoms with Gasteiger partial charge in [-0.15, -0.1) is 0 Å². The molecule has 19 heavy (non-hydrogen) atoms. The van der Waals surface area contributed by atoms with Crippen LogP contribution < -0.4 is 5.73 Å². The Labute approximate surface area is 118 Å². The summed E-state index contributed by atoms with van der Waals surface area (Å²) in [4.78, 5) is 14.1. The Morgan fingerprint density at radius 1 is 1.16 bits per heavy atom. The van der Waals surface area contributed by atoms with E-state index in [0.717, 1.165) is 18.4 Å². The fourth-order valence-electron chi connectivity index (χ4n) is 3.36. The van der Waals surface area contributed by atoms with Crippen molar-refractivity contribution in [1.29, 1.82) is 0 Å². The largest absolute Gasteiger partial charge is 0.329 e. The van der Waals surface area contributed by atoms with Crippen LogP contribution in [0.5, 0.6) is 0 Å². The number of rotatable bonds is 2. The van der Waals surface area contributed by atoms with Crippen LogP contribution in [0.25, 0.3) is 0 Å². The van der Waals surface area contributed by atoms with E-state index >= 15 is 0 Å². The van der Waals surface area contributed by atoms with Gasteiger partial charge in [0.25, 0.3) is 0 Å². The predicted octanol–water partition coefficient (Wildman–Crippen LogP) is 2.88. The van der Waals surface area contributed by atoms with Gasteiger partial charge < -0.3 is 10.6 Å². The zero-order chi connectivity index (χ0) is 13.4. The molecule has 4 heteroatoms. The quantitative estimate of drug-likeness (QED) is 0.846. The SMILES string of the molecule is N[C@@H]1C(=O)N(C2CCCCC2)[C@@H]1c1ccccc1Cl. The summed E-state index contributed by atoms with van der Waals surface area (Å²) in [7, 11) is 0. The Morgan fingerprint density at radius 3 is 2.53 bits per heavy atom. The van der Waals surface area contributed by atoms with Gasteiger partial charge in [0.1, 0.15) is 6.04 Å². The normalized spacial score (nSPS) is 28.3. The smallest absolute Gasteiger partial charge is 0.242 e. The third-order valence-corrected chi connectivity index (χ3v) is 4.72. The van der Waals surface area contributed by atoms with E-state index in [-0.39, 0.29) is 11.9 Å². The van der Waals surface area contributed by atoms with Gasteiger partial charge in [-0.3, -0.25) is 4.79 Å². The van der Waals surface area contributed by atoms with E-state index in [1.54, 1.807) is 0 Å². The first-order valence-electron chi connectivity index (χ1n) is 7.02. The van der Waals surface area contributed by atoms with Gasteiger partial charge in [-0.1, -0.05) is 49.1 Å². The number of amides is 1. The Kier molecular flexibility index (Phi) is 3.50. The van der Waals surface area contributed by atoms with Crippen LogP contribution in [0.3, 0.4) is 0 Å². The van der Waals surface area contributed by atoms with E-state index in [2.05, 4.69) is 0 Å². The van der Waals surface area contributed by atoms with Crippen LogP contribution in [0.4, 0.5) is 0 Å². The van der Waals surface area contributed by atoms with Crippen LogP contribution in [-0.4, -0.2) is 22.9 Å². The summed E-state index contributed by atoms with van der Waals surface area (Å²) in [5.41, 5.74) is 7.00. The van der Waals surface area contributed by atoms with Gasteiger partial charge in [0.2, 0.25) is 5.91 Å². The summed E-state index contributed by atoms with van der Waals surface area (Å²) in [6.45, 7) is 0. The van der Waals surface area contributed by atoms with Crippen molar-refractivity contribution in [1.82, 2.24) is 4.90 Å². The number of carbonyl (C=O) groups is 1. The van der Waals surface area contributed by atoms with Gasteiger partial charge in [-0.25, -0.2) is 0 Å². The van der Waals surface area contributed by atoms with Crippen molar-refractivity contribution >= 4 is 17.5 Å². The second kappa shape index (κ2) is 5.14. The van der Waals surface area contributed by atoms with Crippen molar-refractivity contribution in [3.63, 3.8) is 0 Å². The average molecular weight is 279 g/mol. The topological polar surface area (TPSA) is 46.3 Å². The number of hydrogen-bond donors (Lipinski definition) is 1. The van der Waals surface area contributed by atoms with E-state index in [4.69, 9.17) is 17.3 Å². The number of hydrogen-bond acceptors (Lipinski definition) is 2. The van der Waals surface area contributed by atoms with Crippen LogP contribution in [0, 0.1) is 0 Å². The minimum atomic E-state index is -0.429. The van der Waals surface area contributed by atoms with Crippen molar-refractivity contribution in [2.24, 2.45) is 5.73 Å². The number of likely N-dealkylation sites (tertiary alicyclic amines) is 1. The molecule has 2 fully saturated rings. The number of β-lactam (4-membered cyclic amide) rings is 1. The van der Waals surface area contributed by atoms with Crippen molar-refractivity contribution in [2.75, 3.05) is 0 Å². The molecule has 1 aromatic rings. The highest BCUT2D eigenvalue weighted by Crippen LogP contribution is 2.41. The Balaban J connectivity index is 1.87. The molecule has 3 nitrogen and oxygen atoms in total. The van der Waals surface area contributed by atoms with Crippen LogP contribution in [0.1, 0.15) is 43.7 Å². The standard InChI is InChI=1S/C15H19ClN2O/c16-12-9-5-4-8-11(12)14-13(17)15(19)18(14)10-6-2-1-3-7-10/h4-5,8-10,13-14H,1-3,6-7,17H2/t13-,14+/m0/s1. The Hall–Kier alpha value is -1.06. The predicted molar refractivity (Wildman–Crippen MR) is 75.9 cm³/mol. The highest BCUT2D eigenvalue weighted by atomic mass is 35.5. The maximum atomic E-state index is 12.1. The third kappa shape index (κ3) is 2.15. The van der Waals surface area contributed by atoms with Gasteiger partial charge in [0.05, 0.1) is 6.04 Å². The molecule has 1 saturated heterocycles. The fourth-order valence-corrected chi connectivity index (χ4v) is 3.61. The second-order valence-corrected chi connectivity index (χ2v) is 5.94. The molecular weight excluding hydrogens is 260 g/mol. The molecule has 102 valence electrons. The Bertz CT molecular complexity index is 485. The van der Waals surface area contributed by atoms with Crippen LogP contribution in [-0.2, 0) is 4.79 Å². The van der Waals surface area contributed by atoms with E-state index in [0.29, 0.717) is 11.1 Å². The number of nitrogens with two attached hydrogens (primary N) is 1. The molecule has 2 aliphatic rings. The first-order valence-corrected chi connectivity index (χ1v) is 7.40. The first-order chi connectivity index (χ1) is 9.20. The molecule has 1 aliphatic carbocycles. The van der Waals surface area contributed by atoms with Crippen LogP contribution in [0.15, 0.2) is 24.3 Å². The minimum absolute atomic E-state index is 0.0377. The maximum absolute atomic E-state index is 12.1. The lowest BCUT2D eigenvalue weighted by Gasteiger charge is -2.51. The fraction of sp³-hybridized carbons (Fsp3) is 0.533. The number of carbonyl (C=O) groups excluding carboxylic acids is 1. The van der Waals surface area contributed by atoms with Crippen molar-refractivity contribution in [3.05, 3.63) is 34.9 Å². The molecule has 2 N–H and O–H groups in total. The molecule has 0 aromatic heterocycles. The van der Waals surface area contributed by atoms with Crippen molar-refractivity contribution in [3.8, 4) is 0 Å². The van der Waals surface area contributed by atoms with Gasteiger partial charge in [-0.2, -0.15) is 0 Å². The first kappa shape index (κ1) is 12.9. The average Bonchev–Trinajstić information content (AvgIpc) is 2.46. The highest BCUT2D eigenvalue weighted by molar-refractivity contribution is 6.31. The number of nitrogens with zero attached hydrogens (tertiary/aromatic N) is 1. The molecule has 1 aromatic carbocycles.